The number of rotatable bonds is 3. The lowest BCUT2D eigenvalue weighted by Gasteiger charge is -2.33. The van der Waals surface area contributed by atoms with E-state index in [0.717, 1.165) is 16.6 Å². The number of para-hydroxylation sites is 1. The highest BCUT2D eigenvalue weighted by atomic mass is 19.1. The minimum Gasteiger partial charge on any atom is -0.413 e. The minimum absolute atomic E-state index is 0.248. The van der Waals surface area contributed by atoms with Gasteiger partial charge < -0.3 is 14.3 Å². The van der Waals surface area contributed by atoms with Gasteiger partial charge in [0.25, 0.3) is 5.89 Å². The van der Waals surface area contributed by atoms with Gasteiger partial charge in [-0.05, 0) is 19.9 Å². The highest BCUT2D eigenvalue weighted by Crippen LogP contribution is 2.33. The summed E-state index contributed by atoms with van der Waals surface area (Å²) in [6.07, 6.45) is 3.88. The summed E-state index contributed by atoms with van der Waals surface area (Å²) in [7, 11) is 0. The van der Waals surface area contributed by atoms with Gasteiger partial charge in [0, 0.05) is 30.2 Å². The number of benzene rings is 1. The van der Waals surface area contributed by atoms with Crippen LogP contribution in [0.25, 0.3) is 10.9 Å². The van der Waals surface area contributed by atoms with E-state index < -0.39 is 17.6 Å². The van der Waals surface area contributed by atoms with Gasteiger partial charge in [-0.3, -0.25) is 4.79 Å². The normalized spacial score (nSPS) is 16.6. The number of imidazole rings is 1. The van der Waals surface area contributed by atoms with Crippen LogP contribution in [-0.4, -0.2) is 47.5 Å². The number of nitrogens with zero attached hydrogens (tertiary/aromatic N) is 6. The molecule has 3 aromatic heterocycles. The number of fused-ring (bicyclic) bond motifs is 2. The van der Waals surface area contributed by atoms with Gasteiger partial charge >= 0.3 is 11.8 Å². The summed E-state index contributed by atoms with van der Waals surface area (Å²) in [5.41, 5.74) is 0.494. The Morgan fingerprint density at radius 3 is 2.90 bits per heavy atom. The number of hydrogen-bond donors (Lipinski definition) is 1. The molecule has 30 heavy (non-hydrogen) atoms. The number of amides is 1. The third kappa shape index (κ3) is 3.00. The van der Waals surface area contributed by atoms with E-state index in [2.05, 4.69) is 30.1 Å². The number of hydrogen-bond acceptors (Lipinski definition) is 7. The van der Waals surface area contributed by atoms with Gasteiger partial charge in [0.15, 0.2) is 11.5 Å². The minimum atomic E-state index is -1.84. The molecular formula is C20H18FN7O2. The molecule has 0 radical (unpaired) electrons. The quantitative estimate of drug-likeness (QED) is 0.555. The summed E-state index contributed by atoms with van der Waals surface area (Å²) in [4.78, 5) is 31.4. The van der Waals surface area contributed by atoms with Gasteiger partial charge in [0.2, 0.25) is 0 Å². The Morgan fingerprint density at radius 2 is 2.10 bits per heavy atom. The second kappa shape index (κ2) is 6.68. The summed E-state index contributed by atoms with van der Waals surface area (Å²) >= 11 is 0. The van der Waals surface area contributed by atoms with Crippen LogP contribution in [0, 0.1) is 0 Å². The zero-order chi connectivity index (χ0) is 20.9. The van der Waals surface area contributed by atoms with E-state index in [9.17, 15) is 9.18 Å². The van der Waals surface area contributed by atoms with Gasteiger partial charge in [-0.1, -0.05) is 18.2 Å². The molecule has 4 aromatic rings. The molecule has 0 unspecified atom stereocenters. The lowest BCUT2D eigenvalue weighted by atomic mass is 10.0. The van der Waals surface area contributed by atoms with Gasteiger partial charge in [0.05, 0.1) is 17.5 Å². The third-order valence-corrected chi connectivity index (χ3v) is 5.05. The number of carbonyl (C=O) groups excluding carboxylic acids is 1. The van der Waals surface area contributed by atoms with Crippen LogP contribution >= 0.6 is 0 Å². The SMILES string of the molecule is CC(C)(F)c1nnc(C(=O)N2CCc3[nH]cnc3[C@H]2c2ncc3ccccc3n2)o1. The third-order valence-electron chi connectivity index (χ3n) is 5.05. The number of carbonyl (C=O) groups is 1. The van der Waals surface area contributed by atoms with Crippen LogP contribution in [0.3, 0.4) is 0 Å². The molecule has 0 saturated heterocycles. The van der Waals surface area contributed by atoms with Crippen molar-refractivity contribution in [3.63, 3.8) is 0 Å². The largest absolute Gasteiger partial charge is 0.413 e. The van der Waals surface area contributed by atoms with Crippen LogP contribution in [0.4, 0.5) is 4.39 Å². The molecule has 1 N–H and O–H groups in total. The fourth-order valence-electron chi connectivity index (χ4n) is 3.55. The first-order chi connectivity index (χ1) is 14.4. The zero-order valence-corrected chi connectivity index (χ0v) is 16.3. The molecule has 0 spiro atoms. The fraction of sp³-hybridized carbons (Fsp3) is 0.300. The number of halogens is 1. The van der Waals surface area contributed by atoms with Gasteiger partial charge in [0.1, 0.15) is 6.04 Å². The second-order valence-electron chi connectivity index (χ2n) is 7.59. The van der Waals surface area contributed by atoms with E-state index in [1.54, 1.807) is 12.5 Å². The standard InChI is InChI=1S/C20H18FN7O2/c1-20(2,21)19-27-26-17(30-19)18(29)28-8-7-13-14(24-10-23-13)15(28)16-22-9-11-5-3-4-6-12(11)25-16/h3-6,9-10,15H,7-8H2,1-2H3,(H,23,24)/t15-/m0/s1. The van der Waals surface area contributed by atoms with Crippen LogP contribution in [0.15, 0.2) is 41.2 Å². The molecule has 0 saturated carbocycles. The van der Waals surface area contributed by atoms with Gasteiger partial charge in [-0.25, -0.2) is 19.3 Å². The van der Waals surface area contributed by atoms with Crippen molar-refractivity contribution in [3.05, 3.63) is 65.8 Å². The smallest absolute Gasteiger partial charge is 0.312 e. The molecule has 1 aliphatic rings. The first kappa shape index (κ1) is 18.3. The molecule has 10 heteroatoms. The van der Waals surface area contributed by atoms with Crippen molar-refractivity contribution in [2.45, 2.75) is 32.0 Å². The van der Waals surface area contributed by atoms with Crippen LogP contribution in [0.5, 0.6) is 0 Å². The molecule has 9 nitrogen and oxygen atoms in total. The number of nitrogens with one attached hydrogen (secondary N) is 1. The topological polar surface area (TPSA) is 114 Å². The van der Waals surface area contributed by atoms with E-state index in [1.807, 2.05) is 24.3 Å². The van der Waals surface area contributed by atoms with Crippen LogP contribution < -0.4 is 0 Å². The van der Waals surface area contributed by atoms with Crippen molar-refractivity contribution < 1.29 is 13.6 Å². The van der Waals surface area contributed by atoms with E-state index in [1.165, 1.54) is 18.7 Å². The van der Waals surface area contributed by atoms with E-state index in [-0.39, 0.29) is 11.8 Å². The van der Waals surface area contributed by atoms with E-state index in [0.29, 0.717) is 24.5 Å². The van der Waals surface area contributed by atoms with Crippen molar-refractivity contribution >= 4 is 16.8 Å². The summed E-state index contributed by atoms with van der Waals surface area (Å²) < 4.78 is 19.5. The zero-order valence-electron chi connectivity index (χ0n) is 16.3. The maximum Gasteiger partial charge on any atom is 0.312 e. The summed E-state index contributed by atoms with van der Waals surface area (Å²) in [6, 6.07) is 6.97. The highest BCUT2D eigenvalue weighted by Gasteiger charge is 2.39. The van der Waals surface area contributed by atoms with Gasteiger partial charge in [-0.2, -0.15) is 0 Å². The number of aromatic nitrogens is 6. The van der Waals surface area contributed by atoms with Crippen molar-refractivity contribution in [2.24, 2.45) is 0 Å². The average molecular weight is 407 g/mol. The molecule has 0 aliphatic carbocycles. The lowest BCUT2D eigenvalue weighted by molar-refractivity contribution is 0.0632. The Kier molecular flexibility index (Phi) is 4.09. The first-order valence-electron chi connectivity index (χ1n) is 9.49. The van der Waals surface area contributed by atoms with E-state index >= 15 is 0 Å². The molecule has 1 aliphatic heterocycles. The Bertz CT molecular complexity index is 1240. The van der Waals surface area contributed by atoms with Crippen molar-refractivity contribution in [1.29, 1.82) is 0 Å². The van der Waals surface area contributed by atoms with Crippen molar-refractivity contribution in [3.8, 4) is 0 Å². The Morgan fingerprint density at radius 1 is 1.27 bits per heavy atom. The molecule has 152 valence electrons. The monoisotopic (exact) mass is 407 g/mol. The predicted molar refractivity (Wildman–Crippen MR) is 103 cm³/mol. The van der Waals surface area contributed by atoms with Crippen molar-refractivity contribution in [2.75, 3.05) is 6.54 Å². The highest BCUT2D eigenvalue weighted by molar-refractivity contribution is 5.90. The number of aromatic amines is 1. The Labute approximate surface area is 170 Å². The maximum atomic E-state index is 14.1. The molecule has 4 heterocycles. The molecular weight excluding hydrogens is 389 g/mol. The predicted octanol–water partition coefficient (Wildman–Crippen LogP) is 2.73. The summed E-state index contributed by atoms with van der Waals surface area (Å²) in [5.74, 6) is -0.614. The average Bonchev–Trinajstić information content (AvgIpc) is 3.41. The van der Waals surface area contributed by atoms with Crippen molar-refractivity contribution in [1.82, 2.24) is 35.0 Å². The lowest BCUT2D eigenvalue weighted by Crippen LogP contribution is -2.41. The van der Waals surface area contributed by atoms with Crippen LogP contribution in [0.2, 0.25) is 0 Å². The Hall–Kier alpha value is -3.69. The van der Waals surface area contributed by atoms with Crippen LogP contribution in [0.1, 0.15) is 53.7 Å². The molecule has 0 fully saturated rings. The number of alkyl halides is 1. The first-order valence-corrected chi connectivity index (χ1v) is 9.49. The maximum absolute atomic E-state index is 14.1. The molecule has 0 bridgehead atoms. The van der Waals surface area contributed by atoms with E-state index in [4.69, 9.17) is 4.42 Å². The van der Waals surface area contributed by atoms with Crippen LogP contribution in [-0.2, 0) is 12.1 Å². The number of H-pyrrole nitrogens is 1. The molecule has 1 amide bonds. The Balaban J connectivity index is 1.58. The molecule has 1 aromatic carbocycles. The molecule has 1 atom stereocenters. The fourth-order valence-corrected chi connectivity index (χ4v) is 3.55. The summed E-state index contributed by atoms with van der Waals surface area (Å²) in [6.45, 7) is 2.94. The van der Waals surface area contributed by atoms with Gasteiger partial charge in [-0.15, -0.1) is 10.2 Å². The molecule has 5 rings (SSSR count). The second-order valence-corrected chi connectivity index (χ2v) is 7.59. The summed E-state index contributed by atoms with van der Waals surface area (Å²) in [5, 5.41) is 8.34.